The summed E-state index contributed by atoms with van der Waals surface area (Å²) < 4.78 is 0.732. The molecule has 2 aromatic rings. The molecule has 6 heteroatoms. The zero-order valence-corrected chi connectivity index (χ0v) is 15.0. The number of hydrogen-bond acceptors (Lipinski definition) is 5. The Kier molecular flexibility index (Phi) is 4.96. The van der Waals surface area contributed by atoms with Crippen molar-refractivity contribution in [2.75, 3.05) is 32.7 Å². The molecule has 0 spiro atoms. The van der Waals surface area contributed by atoms with Crippen LogP contribution in [0.5, 0.6) is 0 Å². The van der Waals surface area contributed by atoms with Crippen molar-refractivity contribution in [2.24, 2.45) is 5.92 Å². The number of nitrogens with zero attached hydrogens (tertiary/aromatic N) is 3. The van der Waals surface area contributed by atoms with Crippen molar-refractivity contribution in [2.45, 2.75) is 38.6 Å². The number of hydrogen-bond donors (Lipinski definition) is 1. The van der Waals surface area contributed by atoms with Gasteiger partial charge in [-0.3, -0.25) is 9.69 Å². The number of rotatable bonds is 4. The molecule has 2 fully saturated rings. The van der Waals surface area contributed by atoms with Gasteiger partial charge < -0.3 is 9.88 Å². The third-order valence-electron chi connectivity index (χ3n) is 5.44. The number of aromatic nitrogens is 2. The van der Waals surface area contributed by atoms with Crippen LogP contribution in [-0.4, -0.2) is 52.5 Å². The monoisotopic (exact) mass is 346 g/mol. The lowest BCUT2D eigenvalue weighted by molar-refractivity contribution is 0.104. The maximum Gasteiger partial charge on any atom is 0.268 e. The molecule has 0 bridgehead atoms. The number of fused-ring (bicyclic) bond motifs is 1. The van der Waals surface area contributed by atoms with E-state index in [1.165, 1.54) is 50.0 Å². The van der Waals surface area contributed by atoms with E-state index in [4.69, 9.17) is 0 Å². The van der Waals surface area contributed by atoms with Crippen molar-refractivity contribution in [1.82, 2.24) is 19.8 Å². The van der Waals surface area contributed by atoms with E-state index in [1.54, 1.807) is 0 Å². The lowest BCUT2D eigenvalue weighted by Gasteiger charge is -2.37. The van der Waals surface area contributed by atoms with Crippen molar-refractivity contribution >= 4 is 21.6 Å². The molecule has 3 heterocycles. The fourth-order valence-corrected chi connectivity index (χ4v) is 4.80. The molecule has 2 aromatic heterocycles. The topological polar surface area (TPSA) is 52.2 Å². The van der Waals surface area contributed by atoms with Gasteiger partial charge in [-0.15, -0.1) is 11.3 Å². The smallest absolute Gasteiger partial charge is 0.268 e. The van der Waals surface area contributed by atoms with Gasteiger partial charge in [-0.2, -0.15) is 0 Å². The summed E-state index contributed by atoms with van der Waals surface area (Å²) in [6.07, 6.45) is 7.13. The van der Waals surface area contributed by atoms with Crippen LogP contribution in [-0.2, 0) is 6.54 Å². The van der Waals surface area contributed by atoms with Crippen molar-refractivity contribution in [3.05, 3.63) is 27.6 Å². The van der Waals surface area contributed by atoms with Crippen LogP contribution in [0.4, 0.5) is 0 Å². The van der Waals surface area contributed by atoms with Crippen LogP contribution in [0.15, 0.2) is 16.2 Å². The average Bonchev–Trinajstić information content (AvgIpc) is 3.07. The molecule has 0 amide bonds. The first-order chi connectivity index (χ1) is 11.8. The molecule has 1 N–H and O–H groups in total. The Morgan fingerprint density at radius 3 is 2.67 bits per heavy atom. The van der Waals surface area contributed by atoms with E-state index in [1.807, 2.05) is 11.4 Å². The first kappa shape index (κ1) is 16.2. The number of aromatic amines is 1. The lowest BCUT2D eigenvalue weighted by Crippen LogP contribution is -2.47. The molecule has 1 aliphatic carbocycles. The third-order valence-corrected chi connectivity index (χ3v) is 6.35. The summed E-state index contributed by atoms with van der Waals surface area (Å²) in [5.74, 6) is 1.72. The first-order valence-electron chi connectivity index (χ1n) is 9.19. The molecule has 24 heavy (non-hydrogen) atoms. The predicted octanol–water partition coefficient (Wildman–Crippen LogP) is 2.68. The maximum absolute atomic E-state index is 12.1. The first-order valence-corrected chi connectivity index (χ1v) is 10.1. The predicted molar refractivity (Wildman–Crippen MR) is 98.5 cm³/mol. The maximum atomic E-state index is 12.1. The van der Waals surface area contributed by atoms with Crippen molar-refractivity contribution in [3.8, 4) is 0 Å². The fraction of sp³-hybridized carbons (Fsp3) is 0.667. The van der Waals surface area contributed by atoms with Crippen LogP contribution in [0.2, 0.25) is 0 Å². The molecule has 0 unspecified atom stereocenters. The zero-order chi connectivity index (χ0) is 16.4. The summed E-state index contributed by atoms with van der Waals surface area (Å²) >= 11 is 1.46. The standard InChI is InChI=1S/C18H26N4OS/c23-18-17-15(6-11-24-17)19-16(20-18)13-22-9-7-21(8-10-22)12-14-4-2-1-3-5-14/h6,11,14H,1-5,7-10,12-13H2,(H,19,20,23). The number of H-pyrrole nitrogens is 1. The van der Waals surface area contributed by atoms with E-state index in [-0.39, 0.29) is 5.56 Å². The lowest BCUT2D eigenvalue weighted by atomic mass is 9.89. The molecule has 1 saturated carbocycles. The van der Waals surface area contributed by atoms with Gasteiger partial charge in [0.15, 0.2) is 0 Å². The van der Waals surface area contributed by atoms with Gasteiger partial charge in [0.1, 0.15) is 10.5 Å². The Morgan fingerprint density at radius 2 is 1.88 bits per heavy atom. The van der Waals surface area contributed by atoms with Crippen LogP contribution in [0.3, 0.4) is 0 Å². The second-order valence-corrected chi connectivity index (χ2v) is 8.14. The van der Waals surface area contributed by atoms with Gasteiger partial charge in [0.05, 0.1) is 12.1 Å². The largest absolute Gasteiger partial charge is 0.308 e. The van der Waals surface area contributed by atoms with E-state index in [2.05, 4.69) is 19.8 Å². The molecular formula is C18H26N4OS. The summed E-state index contributed by atoms with van der Waals surface area (Å²) in [5, 5.41) is 1.93. The Hall–Kier alpha value is -1.24. The normalized spacial score (nSPS) is 21.5. The van der Waals surface area contributed by atoms with Crippen molar-refractivity contribution in [1.29, 1.82) is 0 Å². The number of thiophene rings is 1. The number of piperazine rings is 1. The minimum atomic E-state index is 0.000865. The molecule has 5 nitrogen and oxygen atoms in total. The van der Waals surface area contributed by atoms with Crippen molar-refractivity contribution < 1.29 is 0 Å². The Balaban J connectivity index is 1.31. The Morgan fingerprint density at radius 1 is 1.12 bits per heavy atom. The van der Waals surface area contributed by atoms with E-state index in [0.717, 1.165) is 54.7 Å². The molecule has 4 rings (SSSR count). The van der Waals surface area contributed by atoms with Crippen LogP contribution >= 0.6 is 11.3 Å². The molecule has 1 saturated heterocycles. The Bertz CT molecular complexity index is 726. The summed E-state index contributed by atoms with van der Waals surface area (Å²) in [4.78, 5) is 24.7. The average molecular weight is 346 g/mol. The van der Waals surface area contributed by atoms with E-state index in [9.17, 15) is 4.79 Å². The highest BCUT2D eigenvalue weighted by Gasteiger charge is 2.22. The van der Waals surface area contributed by atoms with E-state index in [0.29, 0.717) is 0 Å². The minimum absolute atomic E-state index is 0.000865. The second-order valence-electron chi connectivity index (χ2n) is 7.23. The van der Waals surface area contributed by atoms with Crippen LogP contribution in [0.1, 0.15) is 37.9 Å². The van der Waals surface area contributed by atoms with Gasteiger partial charge >= 0.3 is 0 Å². The molecule has 0 aromatic carbocycles. The van der Waals surface area contributed by atoms with Crippen LogP contribution < -0.4 is 5.56 Å². The highest BCUT2D eigenvalue weighted by molar-refractivity contribution is 7.17. The third kappa shape index (κ3) is 3.71. The van der Waals surface area contributed by atoms with Crippen LogP contribution in [0.25, 0.3) is 10.2 Å². The molecule has 0 atom stereocenters. The zero-order valence-electron chi connectivity index (χ0n) is 14.2. The molecule has 2 aliphatic rings. The molecule has 1 aliphatic heterocycles. The van der Waals surface area contributed by atoms with Gasteiger partial charge in [-0.25, -0.2) is 4.98 Å². The highest BCUT2D eigenvalue weighted by atomic mass is 32.1. The van der Waals surface area contributed by atoms with Gasteiger partial charge in [0, 0.05) is 32.7 Å². The highest BCUT2D eigenvalue weighted by Crippen LogP contribution is 2.24. The fourth-order valence-electron chi connectivity index (χ4n) is 4.07. The second kappa shape index (κ2) is 7.33. The van der Waals surface area contributed by atoms with E-state index >= 15 is 0 Å². The van der Waals surface area contributed by atoms with Gasteiger partial charge in [0.2, 0.25) is 0 Å². The number of nitrogens with one attached hydrogen (secondary N) is 1. The minimum Gasteiger partial charge on any atom is -0.308 e. The van der Waals surface area contributed by atoms with Gasteiger partial charge in [-0.05, 0) is 30.2 Å². The van der Waals surface area contributed by atoms with Gasteiger partial charge in [0.25, 0.3) is 5.56 Å². The molecule has 0 radical (unpaired) electrons. The summed E-state index contributed by atoms with van der Waals surface area (Å²) in [6.45, 7) is 6.45. The Labute approximate surface area is 146 Å². The molecular weight excluding hydrogens is 320 g/mol. The SMILES string of the molecule is O=c1[nH]c(CN2CCN(CC3CCCCC3)CC2)nc2ccsc12. The van der Waals surface area contributed by atoms with Crippen LogP contribution in [0, 0.1) is 5.92 Å². The summed E-state index contributed by atoms with van der Waals surface area (Å²) in [6, 6.07) is 1.93. The quantitative estimate of drug-likeness (QED) is 0.925. The summed E-state index contributed by atoms with van der Waals surface area (Å²) in [5.41, 5.74) is 0.829. The summed E-state index contributed by atoms with van der Waals surface area (Å²) in [7, 11) is 0. The molecule has 130 valence electrons. The van der Waals surface area contributed by atoms with Crippen molar-refractivity contribution in [3.63, 3.8) is 0 Å². The van der Waals surface area contributed by atoms with E-state index < -0.39 is 0 Å². The van der Waals surface area contributed by atoms with Gasteiger partial charge in [-0.1, -0.05) is 19.3 Å².